The lowest BCUT2D eigenvalue weighted by Crippen LogP contribution is -2.28. The van der Waals surface area contributed by atoms with Gasteiger partial charge in [-0.05, 0) is 18.6 Å². The summed E-state index contributed by atoms with van der Waals surface area (Å²) in [6.07, 6.45) is -0.439. The maximum absolute atomic E-state index is 8.41. The molecule has 0 aliphatic carbocycles. The van der Waals surface area contributed by atoms with Crippen molar-refractivity contribution in [3.05, 3.63) is 34.9 Å². The van der Waals surface area contributed by atoms with E-state index in [0.29, 0.717) is 11.6 Å². The van der Waals surface area contributed by atoms with Crippen molar-refractivity contribution in [3.8, 4) is 0 Å². The van der Waals surface area contributed by atoms with Gasteiger partial charge in [-0.1, -0.05) is 35.0 Å². The number of nitrogens with zero attached hydrogens (tertiary/aromatic N) is 1. The molecule has 0 heterocycles. The molecule has 0 amide bonds. The predicted molar refractivity (Wildman–Crippen MR) is 59.1 cm³/mol. The minimum Gasteiger partial charge on any atom is -0.409 e. The number of amidine groups is 1. The monoisotopic (exact) mass is 228 g/mol. The maximum atomic E-state index is 8.41. The fourth-order valence-electron chi connectivity index (χ4n) is 0.997. The first-order valence-electron chi connectivity index (χ1n) is 4.47. The molecule has 4 nitrogen and oxygen atoms in total. The third-order valence-electron chi connectivity index (χ3n) is 1.98. The number of hydrogen-bond donors (Lipinski definition) is 2. The van der Waals surface area contributed by atoms with Gasteiger partial charge in [0.25, 0.3) is 0 Å². The lowest BCUT2D eigenvalue weighted by Gasteiger charge is -2.11. The molecule has 82 valence electrons. The van der Waals surface area contributed by atoms with Crippen molar-refractivity contribution in [2.45, 2.75) is 19.6 Å². The van der Waals surface area contributed by atoms with E-state index in [4.69, 9.17) is 27.3 Å². The summed E-state index contributed by atoms with van der Waals surface area (Å²) in [7, 11) is 0. The van der Waals surface area contributed by atoms with Crippen LogP contribution >= 0.6 is 11.6 Å². The van der Waals surface area contributed by atoms with Crippen molar-refractivity contribution in [2.75, 3.05) is 0 Å². The largest absolute Gasteiger partial charge is 0.409 e. The minimum atomic E-state index is -0.439. The van der Waals surface area contributed by atoms with Crippen molar-refractivity contribution in [2.24, 2.45) is 10.9 Å². The summed E-state index contributed by atoms with van der Waals surface area (Å²) in [4.78, 5) is 0. The summed E-state index contributed by atoms with van der Waals surface area (Å²) in [6, 6.07) is 7.37. The van der Waals surface area contributed by atoms with Gasteiger partial charge in [0.05, 0.1) is 6.61 Å². The fraction of sp³-hybridized carbons (Fsp3) is 0.300. The molecule has 0 saturated heterocycles. The Morgan fingerprint density at radius 2 is 2.27 bits per heavy atom. The van der Waals surface area contributed by atoms with Gasteiger partial charge in [-0.2, -0.15) is 0 Å². The summed E-state index contributed by atoms with van der Waals surface area (Å²) in [5.41, 5.74) is 6.23. The van der Waals surface area contributed by atoms with Gasteiger partial charge in [0.2, 0.25) is 0 Å². The third-order valence-corrected chi connectivity index (χ3v) is 2.35. The van der Waals surface area contributed by atoms with E-state index < -0.39 is 6.10 Å². The molecule has 0 saturated carbocycles. The number of ether oxygens (including phenoxy) is 1. The molecule has 0 radical (unpaired) electrons. The van der Waals surface area contributed by atoms with Gasteiger partial charge in [0, 0.05) is 5.02 Å². The van der Waals surface area contributed by atoms with E-state index in [0.717, 1.165) is 5.56 Å². The SMILES string of the molecule is CC(OCc1ccccc1Cl)C(N)=NO. The highest BCUT2D eigenvalue weighted by atomic mass is 35.5. The molecule has 0 spiro atoms. The second kappa shape index (κ2) is 5.58. The Balaban J connectivity index is 2.54. The Labute approximate surface area is 93.3 Å². The van der Waals surface area contributed by atoms with E-state index in [1.165, 1.54) is 0 Å². The molecule has 3 N–H and O–H groups in total. The fourth-order valence-corrected chi connectivity index (χ4v) is 1.19. The molecule has 5 heteroatoms. The van der Waals surface area contributed by atoms with E-state index in [1.54, 1.807) is 13.0 Å². The smallest absolute Gasteiger partial charge is 0.168 e. The quantitative estimate of drug-likeness (QED) is 0.358. The highest BCUT2D eigenvalue weighted by molar-refractivity contribution is 6.31. The summed E-state index contributed by atoms with van der Waals surface area (Å²) in [5.74, 6) is 0.0436. The summed E-state index contributed by atoms with van der Waals surface area (Å²) in [5, 5.41) is 11.9. The highest BCUT2D eigenvalue weighted by Gasteiger charge is 2.08. The van der Waals surface area contributed by atoms with Gasteiger partial charge in [0.1, 0.15) is 6.10 Å². The summed E-state index contributed by atoms with van der Waals surface area (Å²) in [6.45, 7) is 2.03. The van der Waals surface area contributed by atoms with Crippen molar-refractivity contribution in [1.29, 1.82) is 0 Å². The Bertz CT molecular complexity index is 355. The molecular weight excluding hydrogens is 216 g/mol. The zero-order valence-electron chi connectivity index (χ0n) is 8.35. The first-order valence-corrected chi connectivity index (χ1v) is 4.85. The van der Waals surface area contributed by atoms with Gasteiger partial charge < -0.3 is 15.7 Å². The standard InChI is InChI=1S/C10H13ClN2O2/c1-7(10(12)13-14)15-6-8-4-2-3-5-9(8)11/h2-5,7,14H,6H2,1H3,(H2,12,13). The van der Waals surface area contributed by atoms with Gasteiger partial charge in [-0.25, -0.2) is 0 Å². The topological polar surface area (TPSA) is 67.8 Å². The Morgan fingerprint density at radius 3 is 2.87 bits per heavy atom. The Kier molecular flexibility index (Phi) is 4.39. The molecule has 1 aromatic carbocycles. The third kappa shape index (κ3) is 3.42. The molecule has 0 aliphatic heterocycles. The molecule has 0 fully saturated rings. The Hall–Kier alpha value is -1.26. The molecule has 1 atom stereocenters. The van der Waals surface area contributed by atoms with Crippen LogP contribution in [0.4, 0.5) is 0 Å². The molecule has 15 heavy (non-hydrogen) atoms. The van der Waals surface area contributed by atoms with Crippen molar-refractivity contribution < 1.29 is 9.94 Å². The molecule has 0 aliphatic rings. The second-order valence-corrected chi connectivity index (χ2v) is 3.48. The van der Waals surface area contributed by atoms with Crippen LogP contribution in [0.15, 0.2) is 29.4 Å². The number of benzene rings is 1. The van der Waals surface area contributed by atoms with Crippen LogP contribution in [0.2, 0.25) is 5.02 Å². The van der Waals surface area contributed by atoms with Crippen LogP contribution in [-0.2, 0) is 11.3 Å². The molecule has 1 aromatic rings. The lowest BCUT2D eigenvalue weighted by molar-refractivity contribution is 0.0928. The van der Waals surface area contributed by atoms with Crippen LogP contribution in [0.25, 0.3) is 0 Å². The zero-order chi connectivity index (χ0) is 11.3. The van der Waals surface area contributed by atoms with Crippen LogP contribution in [-0.4, -0.2) is 17.1 Å². The van der Waals surface area contributed by atoms with Crippen molar-refractivity contribution >= 4 is 17.4 Å². The predicted octanol–water partition coefficient (Wildman–Crippen LogP) is 1.99. The van der Waals surface area contributed by atoms with E-state index in [1.807, 2.05) is 18.2 Å². The van der Waals surface area contributed by atoms with E-state index in [2.05, 4.69) is 5.16 Å². The lowest BCUT2D eigenvalue weighted by atomic mass is 10.2. The van der Waals surface area contributed by atoms with Gasteiger partial charge >= 0.3 is 0 Å². The van der Waals surface area contributed by atoms with Gasteiger partial charge in [-0.15, -0.1) is 0 Å². The zero-order valence-corrected chi connectivity index (χ0v) is 9.11. The van der Waals surface area contributed by atoms with Crippen LogP contribution in [0.3, 0.4) is 0 Å². The molecule has 0 aromatic heterocycles. The highest BCUT2D eigenvalue weighted by Crippen LogP contribution is 2.16. The summed E-state index contributed by atoms with van der Waals surface area (Å²) >= 11 is 5.93. The average Bonchev–Trinajstić information content (AvgIpc) is 2.26. The summed E-state index contributed by atoms with van der Waals surface area (Å²) < 4.78 is 5.36. The van der Waals surface area contributed by atoms with Crippen LogP contribution in [0, 0.1) is 0 Å². The number of nitrogens with two attached hydrogens (primary N) is 1. The minimum absolute atomic E-state index is 0.0436. The Morgan fingerprint density at radius 1 is 1.60 bits per heavy atom. The molecule has 0 bridgehead atoms. The average molecular weight is 229 g/mol. The number of halogens is 1. The van der Waals surface area contributed by atoms with Crippen LogP contribution in [0.5, 0.6) is 0 Å². The molecule has 1 unspecified atom stereocenters. The van der Waals surface area contributed by atoms with Gasteiger partial charge in [-0.3, -0.25) is 0 Å². The van der Waals surface area contributed by atoms with Crippen molar-refractivity contribution in [1.82, 2.24) is 0 Å². The van der Waals surface area contributed by atoms with Crippen molar-refractivity contribution in [3.63, 3.8) is 0 Å². The van der Waals surface area contributed by atoms with E-state index in [-0.39, 0.29) is 5.84 Å². The second-order valence-electron chi connectivity index (χ2n) is 3.07. The first kappa shape index (κ1) is 11.8. The maximum Gasteiger partial charge on any atom is 0.168 e. The normalized spacial score (nSPS) is 13.9. The van der Waals surface area contributed by atoms with Crippen LogP contribution in [0.1, 0.15) is 12.5 Å². The molecular formula is C10H13ClN2O2. The van der Waals surface area contributed by atoms with Gasteiger partial charge in [0.15, 0.2) is 5.84 Å². The number of hydrogen-bond acceptors (Lipinski definition) is 3. The molecule has 1 rings (SSSR count). The van der Waals surface area contributed by atoms with Crippen LogP contribution < -0.4 is 5.73 Å². The first-order chi connectivity index (χ1) is 7.15. The van der Waals surface area contributed by atoms with E-state index >= 15 is 0 Å². The van der Waals surface area contributed by atoms with E-state index in [9.17, 15) is 0 Å². The number of oxime groups is 1. The number of rotatable bonds is 4.